The molecule has 2 rings (SSSR count). The summed E-state index contributed by atoms with van der Waals surface area (Å²) >= 11 is 19.4. The summed E-state index contributed by atoms with van der Waals surface area (Å²) in [5.74, 6) is 0. The molecule has 0 fully saturated rings. The lowest BCUT2D eigenvalue weighted by Gasteiger charge is -2.14. The van der Waals surface area contributed by atoms with E-state index >= 15 is 0 Å². The van der Waals surface area contributed by atoms with Gasteiger partial charge in [0.25, 0.3) is 0 Å². The average Bonchev–Trinajstić information content (AvgIpc) is 2.28. The molecule has 0 N–H and O–H groups in total. The topological polar surface area (TPSA) is 12.9 Å². The summed E-state index contributed by atoms with van der Waals surface area (Å²) in [6.07, 6.45) is -3.40. The Balaban J connectivity index is 2.72. The van der Waals surface area contributed by atoms with Crippen LogP contribution in [0, 0.1) is 3.57 Å². The Morgan fingerprint density at radius 2 is 1.60 bits per heavy atom. The highest BCUT2D eigenvalue weighted by molar-refractivity contribution is 14.1. The molecule has 0 saturated heterocycles. The molecule has 0 aliphatic heterocycles. The van der Waals surface area contributed by atoms with Gasteiger partial charge in [0.2, 0.25) is 0 Å². The van der Waals surface area contributed by atoms with Crippen LogP contribution in [0.1, 0.15) is 5.56 Å². The fraction of sp³-hybridized carbons (Fsp3) is 0.0833. The summed E-state index contributed by atoms with van der Waals surface area (Å²) in [6, 6.07) is 3.72. The summed E-state index contributed by atoms with van der Waals surface area (Å²) in [6.45, 7) is 0. The van der Waals surface area contributed by atoms with E-state index in [0.29, 0.717) is 5.02 Å². The Bertz CT molecular complexity index is 650. The minimum absolute atomic E-state index is 0.0660. The number of halogens is 7. The van der Waals surface area contributed by atoms with Gasteiger partial charge < -0.3 is 0 Å². The summed E-state index contributed by atoms with van der Waals surface area (Å²) in [7, 11) is 0. The predicted octanol–water partition coefficient (Wildman–Crippen LogP) is 6.33. The van der Waals surface area contributed by atoms with Crippen molar-refractivity contribution in [2.24, 2.45) is 0 Å². The fourth-order valence-corrected chi connectivity index (χ4v) is 3.50. The highest BCUT2D eigenvalue weighted by Gasteiger charge is 2.34. The van der Waals surface area contributed by atoms with Crippen LogP contribution in [0.4, 0.5) is 13.2 Å². The third kappa shape index (κ3) is 3.16. The molecule has 0 radical (unpaired) electrons. The molecule has 106 valence electrons. The molecule has 0 aliphatic rings. The Hall–Kier alpha value is -0.240. The van der Waals surface area contributed by atoms with E-state index in [0.717, 1.165) is 12.3 Å². The number of benzene rings is 1. The first kappa shape index (κ1) is 16.1. The Morgan fingerprint density at radius 3 is 2.10 bits per heavy atom. The summed E-state index contributed by atoms with van der Waals surface area (Å²) in [5, 5.41) is 0.588. The van der Waals surface area contributed by atoms with Crippen LogP contribution in [-0.4, -0.2) is 4.98 Å². The van der Waals surface area contributed by atoms with E-state index < -0.39 is 11.7 Å². The van der Waals surface area contributed by atoms with Crippen LogP contribution in [-0.2, 0) is 6.18 Å². The van der Waals surface area contributed by atoms with Crippen molar-refractivity contribution in [3.05, 3.63) is 48.6 Å². The van der Waals surface area contributed by atoms with E-state index in [4.69, 9.17) is 34.8 Å². The minimum Gasteiger partial charge on any atom is -0.255 e. The van der Waals surface area contributed by atoms with Crippen LogP contribution >= 0.6 is 57.4 Å². The molecule has 1 heterocycles. The van der Waals surface area contributed by atoms with Crippen molar-refractivity contribution in [2.45, 2.75) is 6.18 Å². The second kappa shape index (κ2) is 5.87. The van der Waals surface area contributed by atoms with Crippen molar-refractivity contribution in [2.75, 3.05) is 0 Å². The highest BCUT2D eigenvalue weighted by atomic mass is 127. The van der Waals surface area contributed by atoms with E-state index in [2.05, 4.69) is 4.98 Å². The quantitative estimate of drug-likeness (QED) is 0.461. The standard InChI is InChI=1S/C12H4Cl3F3IN/c13-5-3-7(14)9(8(15)4-5)11-10(19)6(1-2-20-11)12(16,17)18/h1-4H. The number of hydrogen-bond donors (Lipinski definition) is 0. The second-order valence-corrected chi connectivity index (χ2v) is 6.09. The number of pyridine rings is 1. The lowest BCUT2D eigenvalue weighted by atomic mass is 10.1. The first-order chi connectivity index (χ1) is 9.21. The van der Waals surface area contributed by atoms with Gasteiger partial charge in [-0.05, 0) is 40.8 Å². The zero-order valence-corrected chi connectivity index (χ0v) is 13.8. The van der Waals surface area contributed by atoms with Crippen molar-refractivity contribution in [1.29, 1.82) is 0 Å². The molecule has 0 unspecified atom stereocenters. The second-order valence-electron chi connectivity index (χ2n) is 3.76. The van der Waals surface area contributed by atoms with Gasteiger partial charge in [-0.3, -0.25) is 4.98 Å². The summed E-state index contributed by atoms with van der Waals surface area (Å²) in [4.78, 5) is 3.95. The van der Waals surface area contributed by atoms with Crippen molar-refractivity contribution < 1.29 is 13.2 Å². The van der Waals surface area contributed by atoms with Gasteiger partial charge in [-0.2, -0.15) is 13.2 Å². The third-order valence-corrected chi connectivity index (χ3v) is 4.34. The van der Waals surface area contributed by atoms with Gasteiger partial charge in [0.15, 0.2) is 0 Å². The number of nitrogens with zero attached hydrogens (tertiary/aromatic N) is 1. The molecule has 1 nitrogen and oxygen atoms in total. The largest absolute Gasteiger partial charge is 0.417 e. The maximum atomic E-state index is 12.9. The molecular weight excluding hydrogens is 448 g/mol. The van der Waals surface area contributed by atoms with Crippen molar-refractivity contribution >= 4 is 57.4 Å². The fourth-order valence-electron chi connectivity index (χ4n) is 1.61. The number of hydrogen-bond acceptors (Lipinski definition) is 1. The van der Waals surface area contributed by atoms with Crippen LogP contribution in [0.15, 0.2) is 24.4 Å². The van der Waals surface area contributed by atoms with E-state index in [1.54, 1.807) is 22.6 Å². The van der Waals surface area contributed by atoms with Gasteiger partial charge in [0.1, 0.15) is 0 Å². The van der Waals surface area contributed by atoms with Gasteiger partial charge in [-0.15, -0.1) is 0 Å². The van der Waals surface area contributed by atoms with Gasteiger partial charge in [-0.1, -0.05) is 34.8 Å². The number of rotatable bonds is 1. The molecule has 1 aromatic heterocycles. The molecule has 2 aromatic rings. The smallest absolute Gasteiger partial charge is 0.255 e. The van der Waals surface area contributed by atoms with E-state index in [1.807, 2.05) is 0 Å². The molecule has 20 heavy (non-hydrogen) atoms. The van der Waals surface area contributed by atoms with E-state index in [9.17, 15) is 13.2 Å². The summed E-state index contributed by atoms with van der Waals surface area (Å²) < 4.78 is 38.6. The average molecular weight is 452 g/mol. The normalized spacial score (nSPS) is 11.8. The van der Waals surface area contributed by atoms with Crippen LogP contribution < -0.4 is 0 Å². The van der Waals surface area contributed by atoms with Gasteiger partial charge in [-0.25, -0.2) is 0 Å². The first-order valence-electron chi connectivity index (χ1n) is 5.08. The number of aromatic nitrogens is 1. The van der Waals surface area contributed by atoms with Crippen LogP contribution in [0.5, 0.6) is 0 Å². The van der Waals surface area contributed by atoms with Gasteiger partial charge in [0.05, 0.1) is 24.9 Å². The lowest BCUT2D eigenvalue weighted by Crippen LogP contribution is -2.09. The molecule has 0 aliphatic carbocycles. The Labute approximate surface area is 141 Å². The van der Waals surface area contributed by atoms with Crippen LogP contribution in [0.25, 0.3) is 11.3 Å². The number of alkyl halides is 3. The Kier molecular flexibility index (Phi) is 4.73. The van der Waals surface area contributed by atoms with Crippen molar-refractivity contribution in [3.8, 4) is 11.3 Å². The van der Waals surface area contributed by atoms with Gasteiger partial charge >= 0.3 is 6.18 Å². The van der Waals surface area contributed by atoms with Crippen LogP contribution in [0.3, 0.4) is 0 Å². The highest BCUT2D eigenvalue weighted by Crippen LogP contribution is 2.41. The molecule has 0 atom stereocenters. The predicted molar refractivity (Wildman–Crippen MR) is 82.4 cm³/mol. The molecular formula is C12H4Cl3F3IN. The Morgan fingerprint density at radius 1 is 1.05 bits per heavy atom. The minimum atomic E-state index is -4.47. The zero-order chi connectivity index (χ0) is 15.1. The molecule has 0 amide bonds. The van der Waals surface area contributed by atoms with Gasteiger partial charge in [0, 0.05) is 16.8 Å². The van der Waals surface area contributed by atoms with Crippen LogP contribution in [0.2, 0.25) is 15.1 Å². The maximum Gasteiger partial charge on any atom is 0.417 e. The van der Waals surface area contributed by atoms with Crippen molar-refractivity contribution in [3.63, 3.8) is 0 Å². The van der Waals surface area contributed by atoms with E-state index in [-0.39, 0.29) is 24.9 Å². The SMILES string of the molecule is FC(F)(F)c1ccnc(-c2c(Cl)cc(Cl)cc2Cl)c1I. The molecule has 0 bridgehead atoms. The maximum absolute atomic E-state index is 12.9. The first-order valence-corrected chi connectivity index (χ1v) is 7.29. The zero-order valence-electron chi connectivity index (χ0n) is 9.40. The monoisotopic (exact) mass is 451 g/mol. The molecule has 8 heteroatoms. The molecule has 0 spiro atoms. The molecule has 0 saturated carbocycles. The van der Waals surface area contributed by atoms with E-state index in [1.165, 1.54) is 12.1 Å². The summed E-state index contributed by atoms with van der Waals surface area (Å²) in [5.41, 5.74) is -0.481. The molecule has 1 aromatic carbocycles. The third-order valence-electron chi connectivity index (χ3n) is 2.44. The van der Waals surface area contributed by atoms with Crippen molar-refractivity contribution in [1.82, 2.24) is 4.98 Å². The lowest BCUT2D eigenvalue weighted by molar-refractivity contribution is -0.138.